The second-order valence-corrected chi connectivity index (χ2v) is 5.72. The van der Waals surface area contributed by atoms with Crippen molar-refractivity contribution in [1.29, 1.82) is 0 Å². The van der Waals surface area contributed by atoms with Gasteiger partial charge in [-0.05, 0) is 55.9 Å². The van der Waals surface area contributed by atoms with Crippen LogP contribution < -0.4 is 5.32 Å². The zero-order chi connectivity index (χ0) is 13.9. The average Bonchev–Trinajstić information content (AvgIpc) is 2.46. The number of aliphatic hydroxyl groups excluding tert-OH is 1. The van der Waals surface area contributed by atoms with Gasteiger partial charge in [0.2, 0.25) is 0 Å². The first-order chi connectivity index (χ1) is 9.79. The molecule has 0 amide bonds. The van der Waals surface area contributed by atoms with Gasteiger partial charge in [0.1, 0.15) is 0 Å². The molecular formula is C16H19ClN2O. The molecule has 0 radical (unpaired) electrons. The number of aryl methyl sites for hydroxylation is 1. The van der Waals surface area contributed by atoms with E-state index in [1.165, 1.54) is 29.8 Å². The summed E-state index contributed by atoms with van der Waals surface area (Å²) < 4.78 is 0. The fourth-order valence-electron chi connectivity index (χ4n) is 2.89. The van der Waals surface area contributed by atoms with Crippen molar-refractivity contribution in [2.45, 2.75) is 32.1 Å². The molecule has 4 heteroatoms. The second-order valence-electron chi connectivity index (χ2n) is 5.28. The molecule has 106 valence electrons. The van der Waals surface area contributed by atoms with Gasteiger partial charge in [0, 0.05) is 34.9 Å². The monoisotopic (exact) mass is 290 g/mol. The lowest BCUT2D eigenvalue weighted by atomic mass is 9.92. The van der Waals surface area contributed by atoms with Crippen LogP contribution in [0, 0.1) is 0 Å². The fraction of sp³-hybridized carbons (Fsp3) is 0.438. The maximum Gasteiger partial charge on any atom is 0.0741 e. The van der Waals surface area contributed by atoms with Crippen LogP contribution in [0.2, 0.25) is 5.02 Å². The van der Waals surface area contributed by atoms with Crippen LogP contribution >= 0.6 is 11.6 Å². The first kappa shape index (κ1) is 13.7. The summed E-state index contributed by atoms with van der Waals surface area (Å²) in [6.07, 6.45) is 5.33. The highest BCUT2D eigenvalue weighted by molar-refractivity contribution is 6.31. The minimum Gasteiger partial charge on any atom is -0.396 e. The molecule has 1 aliphatic rings. The van der Waals surface area contributed by atoms with Gasteiger partial charge in [-0.3, -0.25) is 4.98 Å². The molecule has 2 aromatic rings. The highest BCUT2D eigenvalue weighted by Crippen LogP contribution is 2.34. The van der Waals surface area contributed by atoms with Gasteiger partial charge in [0.15, 0.2) is 0 Å². The number of rotatable bonds is 4. The number of anilines is 1. The van der Waals surface area contributed by atoms with E-state index in [0.29, 0.717) is 0 Å². The Kier molecular flexibility index (Phi) is 4.08. The molecule has 1 heterocycles. The maximum atomic E-state index is 8.96. The molecule has 2 N–H and O–H groups in total. The van der Waals surface area contributed by atoms with Crippen LogP contribution in [0.5, 0.6) is 0 Å². The number of hydrogen-bond acceptors (Lipinski definition) is 3. The summed E-state index contributed by atoms with van der Waals surface area (Å²) in [6.45, 7) is 0.995. The van der Waals surface area contributed by atoms with E-state index in [1.54, 1.807) is 0 Å². The van der Waals surface area contributed by atoms with Gasteiger partial charge in [-0.2, -0.15) is 0 Å². The van der Waals surface area contributed by atoms with E-state index in [2.05, 4.69) is 5.32 Å². The SMILES string of the molecule is OCCCNc1c2c(nc3cc(Cl)ccc13)CCCC2. The maximum absolute atomic E-state index is 8.96. The molecule has 3 nitrogen and oxygen atoms in total. The third-order valence-electron chi connectivity index (χ3n) is 3.86. The lowest BCUT2D eigenvalue weighted by Crippen LogP contribution is -2.12. The normalized spacial score (nSPS) is 14.3. The Labute approximate surface area is 124 Å². The van der Waals surface area contributed by atoms with Crippen LogP contribution in [0.3, 0.4) is 0 Å². The molecule has 0 saturated carbocycles. The molecule has 1 aliphatic carbocycles. The molecule has 3 rings (SSSR count). The van der Waals surface area contributed by atoms with Crippen LogP contribution in [0.4, 0.5) is 5.69 Å². The Morgan fingerprint density at radius 2 is 2.10 bits per heavy atom. The van der Waals surface area contributed by atoms with Gasteiger partial charge in [-0.1, -0.05) is 11.6 Å². The third-order valence-corrected chi connectivity index (χ3v) is 4.10. The van der Waals surface area contributed by atoms with Crippen molar-refractivity contribution in [1.82, 2.24) is 4.98 Å². The van der Waals surface area contributed by atoms with Crippen molar-refractivity contribution in [2.24, 2.45) is 0 Å². The summed E-state index contributed by atoms with van der Waals surface area (Å²) in [4.78, 5) is 4.79. The minimum absolute atomic E-state index is 0.212. The van der Waals surface area contributed by atoms with E-state index in [9.17, 15) is 0 Å². The molecule has 0 unspecified atom stereocenters. The highest BCUT2D eigenvalue weighted by atomic mass is 35.5. The zero-order valence-corrected chi connectivity index (χ0v) is 12.2. The zero-order valence-electron chi connectivity index (χ0n) is 11.5. The van der Waals surface area contributed by atoms with E-state index >= 15 is 0 Å². The van der Waals surface area contributed by atoms with Crippen molar-refractivity contribution >= 4 is 28.2 Å². The van der Waals surface area contributed by atoms with Gasteiger partial charge in [-0.15, -0.1) is 0 Å². The van der Waals surface area contributed by atoms with Gasteiger partial charge in [0.05, 0.1) is 5.52 Å². The first-order valence-electron chi connectivity index (χ1n) is 7.25. The standard InChI is InChI=1S/C16H19ClN2O/c17-11-6-7-13-15(10-11)19-14-5-2-1-4-12(14)16(13)18-8-3-9-20/h6-7,10,20H,1-5,8-9H2,(H,18,19). The number of pyridine rings is 1. The molecule has 0 atom stereocenters. The summed E-state index contributed by atoms with van der Waals surface area (Å²) in [5.74, 6) is 0. The lowest BCUT2D eigenvalue weighted by molar-refractivity contribution is 0.292. The van der Waals surface area contributed by atoms with E-state index < -0.39 is 0 Å². The Bertz CT molecular complexity index is 627. The van der Waals surface area contributed by atoms with Crippen molar-refractivity contribution < 1.29 is 5.11 Å². The smallest absolute Gasteiger partial charge is 0.0741 e. The number of nitrogens with one attached hydrogen (secondary N) is 1. The van der Waals surface area contributed by atoms with Crippen molar-refractivity contribution in [2.75, 3.05) is 18.5 Å². The predicted octanol–water partition coefficient (Wildman–Crippen LogP) is 3.56. The number of benzene rings is 1. The molecule has 0 aliphatic heterocycles. The fourth-order valence-corrected chi connectivity index (χ4v) is 3.06. The van der Waals surface area contributed by atoms with Gasteiger partial charge in [0.25, 0.3) is 0 Å². The predicted molar refractivity (Wildman–Crippen MR) is 83.6 cm³/mol. The van der Waals surface area contributed by atoms with E-state index in [4.69, 9.17) is 21.7 Å². The molecule has 20 heavy (non-hydrogen) atoms. The Morgan fingerprint density at radius 3 is 2.95 bits per heavy atom. The highest BCUT2D eigenvalue weighted by Gasteiger charge is 2.17. The van der Waals surface area contributed by atoms with Gasteiger partial charge >= 0.3 is 0 Å². The average molecular weight is 291 g/mol. The van der Waals surface area contributed by atoms with Crippen LogP contribution in [0.1, 0.15) is 30.5 Å². The molecule has 0 spiro atoms. The summed E-state index contributed by atoms with van der Waals surface area (Å²) in [7, 11) is 0. The van der Waals surface area contributed by atoms with E-state index in [1.807, 2.05) is 18.2 Å². The minimum atomic E-state index is 0.212. The van der Waals surface area contributed by atoms with E-state index in [-0.39, 0.29) is 6.61 Å². The summed E-state index contributed by atoms with van der Waals surface area (Å²) in [5.41, 5.74) is 4.71. The second kappa shape index (κ2) is 5.98. The van der Waals surface area contributed by atoms with Crippen LogP contribution in [-0.4, -0.2) is 23.2 Å². The van der Waals surface area contributed by atoms with Crippen molar-refractivity contribution in [3.05, 3.63) is 34.5 Å². The third kappa shape index (κ3) is 2.60. The Balaban J connectivity index is 2.11. The quantitative estimate of drug-likeness (QED) is 0.846. The molecule has 0 saturated heterocycles. The number of halogens is 1. The Hall–Kier alpha value is -1.32. The molecule has 1 aromatic carbocycles. The molecule has 1 aromatic heterocycles. The first-order valence-corrected chi connectivity index (χ1v) is 7.63. The number of nitrogens with zero attached hydrogens (tertiary/aromatic N) is 1. The summed E-state index contributed by atoms with van der Waals surface area (Å²) in [5, 5.41) is 14.3. The van der Waals surface area contributed by atoms with Gasteiger partial charge in [-0.25, -0.2) is 0 Å². The number of aromatic nitrogens is 1. The Morgan fingerprint density at radius 1 is 1.25 bits per heavy atom. The largest absolute Gasteiger partial charge is 0.396 e. The lowest BCUT2D eigenvalue weighted by Gasteiger charge is -2.21. The van der Waals surface area contributed by atoms with Crippen molar-refractivity contribution in [3.8, 4) is 0 Å². The van der Waals surface area contributed by atoms with Gasteiger partial charge < -0.3 is 10.4 Å². The summed E-state index contributed by atoms with van der Waals surface area (Å²) in [6, 6.07) is 5.89. The molecule has 0 bridgehead atoms. The number of aliphatic hydroxyl groups is 1. The van der Waals surface area contributed by atoms with E-state index in [0.717, 1.165) is 41.7 Å². The molecular weight excluding hydrogens is 272 g/mol. The topological polar surface area (TPSA) is 45.1 Å². The number of fused-ring (bicyclic) bond motifs is 2. The van der Waals surface area contributed by atoms with Crippen LogP contribution in [0.25, 0.3) is 10.9 Å². The van der Waals surface area contributed by atoms with Crippen LogP contribution in [-0.2, 0) is 12.8 Å². The molecule has 0 fully saturated rings. The number of hydrogen-bond donors (Lipinski definition) is 2. The van der Waals surface area contributed by atoms with Crippen LogP contribution in [0.15, 0.2) is 18.2 Å². The summed E-state index contributed by atoms with van der Waals surface area (Å²) >= 11 is 6.09. The van der Waals surface area contributed by atoms with Crippen molar-refractivity contribution in [3.63, 3.8) is 0 Å².